The zero-order chi connectivity index (χ0) is 14.2. The largest absolute Gasteiger partial charge is 0.497 e. The Balaban J connectivity index is 1.73. The van der Waals surface area contributed by atoms with E-state index in [0.717, 1.165) is 12.4 Å². The van der Waals surface area contributed by atoms with Crippen LogP contribution in [0.2, 0.25) is 6.04 Å². The van der Waals surface area contributed by atoms with Gasteiger partial charge in [0.25, 0.3) is 0 Å². The molecule has 0 N–H and O–H groups in total. The van der Waals surface area contributed by atoms with E-state index < -0.39 is 0 Å². The summed E-state index contributed by atoms with van der Waals surface area (Å²) >= 11 is 2.57. The van der Waals surface area contributed by atoms with Gasteiger partial charge in [0.15, 0.2) is 0 Å². The van der Waals surface area contributed by atoms with Gasteiger partial charge in [0.05, 0.1) is 20.2 Å². The molecule has 0 radical (unpaired) electrons. The number of methoxy groups -OCH3 is 1. The molecule has 1 fully saturated rings. The van der Waals surface area contributed by atoms with Crippen LogP contribution in [0.3, 0.4) is 0 Å². The molecule has 0 spiro atoms. The van der Waals surface area contributed by atoms with Crippen molar-refractivity contribution in [1.29, 1.82) is 0 Å². The number of ether oxygens (including phenoxy) is 2. The SMILES string of the molecule is COc1ccc(C2CCC(OCCC[SiH2]I)CC2)cc1. The van der Waals surface area contributed by atoms with Crippen LogP contribution in [-0.4, -0.2) is 26.8 Å². The fourth-order valence-corrected chi connectivity index (χ4v) is 4.90. The van der Waals surface area contributed by atoms with Crippen molar-refractivity contribution in [3.63, 3.8) is 0 Å². The monoisotopic (exact) mass is 404 g/mol. The van der Waals surface area contributed by atoms with Gasteiger partial charge >= 0.3 is 0 Å². The molecular weight excluding hydrogens is 379 g/mol. The van der Waals surface area contributed by atoms with E-state index in [9.17, 15) is 0 Å². The topological polar surface area (TPSA) is 18.5 Å². The summed E-state index contributed by atoms with van der Waals surface area (Å²) in [6.07, 6.45) is 6.75. The van der Waals surface area contributed by atoms with Crippen molar-refractivity contribution in [2.75, 3.05) is 13.7 Å². The Bertz CT molecular complexity index is 375. The third-order valence-corrected chi connectivity index (χ3v) is 7.20. The standard InChI is InChI=1S/C16H25IO2Si/c1-18-15-7-3-13(4-8-15)14-5-9-16(10-6-14)19-11-2-12-20-17/h3-4,7-8,14,16H,2,5-6,9-12,20H2,1H3. The number of hydrogen-bond acceptors (Lipinski definition) is 2. The number of benzene rings is 1. The summed E-state index contributed by atoms with van der Waals surface area (Å²) in [6.45, 7) is 0.980. The van der Waals surface area contributed by atoms with E-state index >= 15 is 0 Å². The van der Waals surface area contributed by atoms with Gasteiger partial charge < -0.3 is 9.47 Å². The Kier molecular flexibility index (Phi) is 7.37. The van der Waals surface area contributed by atoms with Crippen molar-refractivity contribution in [3.05, 3.63) is 29.8 Å². The van der Waals surface area contributed by atoms with Crippen molar-refractivity contribution in [2.45, 2.75) is 50.2 Å². The van der Waals surface area contributed by atoms with Gasteiger partial charge in [-0.25, -0.2) is 0 Å². The smallest absolute Gasteiger partial charge is 0.118 e. The second-order valence-corrected chi connectivity index (χ2v) is 9.83. The van der Waals surface area contributed by atoms with Crippen LogP contribution in [0.1, 0.15) is 43.6 Å². The fraction of sp³-hybridized carbons (Fsp3) is 0.625. The minimum Gasteiger partial charge on any atom is -0.497 e. The molecule has 20 heavy (non-hydrogen) atoms. The van der Waals surface area contributed by atoms with Gasteiger partial charge in [0.1, 0.15) is 5.75 Å². The second-order valence-electron chi connectivity index (χ2n) is 5.51. The highest BCUT2D eigenvalue weighted by Gasteiger charge is 2.22. The Morgan fingerprint density at radius 1 is 1.15 bits per heavy atom. The maximum absolute atomic E-state index is 6.00. The van der Waals surface area contributed by atoms with E-state index in [-0.39, 0.29) is 7.02 Å². The summed E-state index contributed by atoms with van der Waals surface area (Å²) in [5.74, 6) is 1.66. The van der Waals surface area contributed by atoms with E-state index in [1.165, 1.54) is 43.7 Å². The molecule has 2 nitrogen and oxygen atoms in total. The van der Waals surface area contributed by atoms with Crippen LogP contribution in [0.5, 0.6) is 5.75 Å². The molecule has 4 heteroatoms. The minimum absolute atomic E-state index is 0.196. The summed E-state index contributed by atoms with van der Waals surface area (Å²) in [4.78, 5) is 0. The van der Waals surface area contributed by atoms with E-state index in [1.54, 1.807) is 7.11 Å². The maximum atomic E-state index is 6.00. The molecule has 0 unspecified atom stereocenters. The van der Waals surface area contributed by atoms with Crippen LogP contribution in [0.4, 0.5) is 0 Å². The molecule has 1 aromatic rings. The van der Waals surface area contributed by atoms with E-state index in [2.05, 4.69) is 46.1 Å². The number of halogens is 1. The first-order chi connectivity index (χ1) is 9.83. The lowest BCUT2D eigenvalue weighted by Gasteiger charge is -2.29. The second kappa shape index (κ2) is 9.05. The zero-order valence-corrected chi connectivity index (χ0v) is 15.9. The van der Waals surface area contributed by atoms with E-state index in [4.69, 9.17) is 9.47 Å². The quantitative estimate of drug-likeness (QED) is 0.295. The van der Waals surface area contributed by atoms with Crippen molar-refractivity contribution in [3.8, 4) is 5.75 Å². The highest BCUT2D eigenvalue weighted by Crippen LogP contribution is 2.34. The molecule has 1 aliphatic rings. The van der Waals surface area contributed by atoms with Crippen molar-refractivity contribution in [2.24, 2.45) is 0 Å². The molecule has 2 rings (SSSR count). The lowest BCUT2D eigenvalue weighted by Crippen LogP contribution is -2.21. The molecule has 1 saturated carbocycles. The first kappa shape index (κ1) is 16.3. The van der Waals surface area contributed by atoms with Crippen LogP contribution in [-0.2, 0) is 4.74 Å². The first-order valence-electron chi connectivity index (χ1n) is 7.65. The van der Waals surface area contributed by atoms with Gasteiger partial charge in [-0.1, -0.05) is 18.2 Å². The minimum atomic E-state index is 0.196. The third-order valence-electron chi connectivity index (χ3n) is 4.14. The molecule has 1 aromatic carbocycles. The highest BCUT2D eigenvalue weighted by atomic mass is 127. The van der Waals surface area contributed by atoms with Gasteiger partial charge in [-0.05, 0) is 55.7 Å². The summed E-state index contributed by atoms with van der Waals surface area (Å²) in [6, 6.07) is 10.0. The zero-order valence-electron chi connectivity index (χ0n) is 12.3. The first-order valence-corrected chi connectivity index (χ1v) is 13.8. The predicted octanol–water partition coefficient (Wildman–Crippen LogP) is 4.07. The van der Waals surface area contributed by atoms with E-state index in [1.807, 2.05) is 0 Å². The maximum Gasteiger partial charge on any atom is 0.118 e. The molecule has 0 amide bonds. The molecule has 0 bridgehead atoms. The summed E-state index contributed by atoms with van der Waals surface area (Å²) in [5.41, 5.74) is 1.46. The normalized spacial score (nSPS) is 23.3. The summed E-state index contributed by atoms with van der Waals surface area (Å²) in [7, 11) is 1.92. The summed E-state index contributed by atoms with van der Waals surface area (Å²) in [5, 5.41) is 0. The number of hydrogen-bond donors (Lipinski definition) is 0. The van der Waals surface area contributed by atoms with Crippen molar-refractivity contribution >= 4 is 28.8 Å². The molecule has 0 aromatic heterocycles. The van der Waals surface area contributed by atoms with Crippen LogP contribution in [0.25, 0.3) is 0 Å². The number of rotatable bonds is 7. The van der Waals surface area contributed by atoms with Gasteiger partial charge in [0, 0.05) is 6.61 Å². The third kappa shape index (κ3) is 5.04. The highest BCUT2D eigenvalue weighted by molar-refractivity contribution is 14.1. The van der Waals surface area contributed by atoms with Crippen molar-refractivity contribution < 1.29 is 9.47 Å². The van der Waals surface area contributed by atoms with Gasteiger partial charge in [0.2, 0.25) is 0 Å². The Hall–Kier alpha value is -0.0731. The lowest BCUT2D eigenvalue weighted by atomic mass is 9.83. The predicted molar refractivity (Wildman–Crippen MR) is 95.9 cm³/mol. The Morgan fingerprint density at radius 3 is 2.45 bits per heavy atom. The average Bonchev–Trinajstić information content (AvgIpc) is 2.52. The molecule has 0 aliphatic heterocycles. The Morgan fingerprint density at radius 2 is 1.85 bits per heavy atom. The van der Waals surface area contributed by atoms with Crippen LogP contribution in [0.15, 0.2) is 24.3 Å². The van der Waals surface area contributed by atoms with Gasteiger partial charge in [-0.15, -0.1) is 21.8 Å². The molecule has 0 heterocycles. The molecule has 0 saturated heterocycles. The average molecular weight is 404 g/mol. The van der Waals surface area contributed by atoms with Crippen LogP contribution in [0, 0.1) is 0 Å². The molecule has 0 atom stereocenters. The van der Waals surface area contributed by atoms with Crippen molar-refractivity contribution in [1.82, 2.24) is 0 Å². The lowest BCUT2D eigenvalue weighted by molar-refractivity contribution is 0.0252. The summed E-state index contributed by atoms with van der Waals surface area (Å²) < 4.78 is 11.2. The molecule has 1 aliphatic carbocycles. The van der Waals surface area contributed by atoms with Gasteiger partial charge in [-0.3, -0.25) is 0 Å². The fourth-order valence-electron chi connectivity index (χ4n) is 2.89. The Labute approximate surface area is 137 Å². The van der Waals surface area contributed by atoms with Crippen LogP contribution < -0.4 is 4.74 Å². The molecular formula is C16H25IO2Si. The van der Waals surface area contributed by atoms with Crippen LogP contribution >= 0.6 is 21.8 Å². The molecule has 112 valence electrons. The van der Waals surface area contributed by atoms with E-state index in [0.29, 0.717) is 12.0 Å². The van der Waals surface area contributed by atoms with Gasteiger partial charge in [-0.2, -0.15) is 0 Å².